The molecule has 1 aromatic carbocycles. The lowest BCUT2D eigenvalue weighted by Gasteiger charge is -2.03. The van der Waals surface area contributed by atoms with E-state index in [2.05, 4.69) is 10.2 Å². The number of nitro benzene ring substituents is 1. The summed E-state index contributed by atoms with van der Waals surface area (Å²) in [6.07, 6.45) is 1.52. The van der Waals surface area contributed by atoms with E-state index in [0.717, 1.165) is 5.56 Å². The van der Waals surface area contributed by atoms with Gasteiger partial charge in [-0.2, -0.15) is 0 Å². The van der Waals surface area contributed by atoms with Gasteiger partial charge in [-0.1, -0.05) is 6.07 Å². The molecule has 0 aliphatic carbocycles. The Labute approximate surface area is 91.7 Å². The summed E-state index contributed by atoms with van der Waals surface area (Å²) in [4.78, 5) is 10.5. The monoisotopic (exact) mass is 218 g/mol. The van der Waals surface area contributed by atoms with Gasteiger partial charge in [0.1, 0.15) is 6.33 Å². The van der Waals surface area contributed by atoms with Gasteiger partial charge < -0.3 is 4.57 Å². The molecule has 0 saturated carbocycles. The Bertz CT molecular complexity index is 548. The Kier molecular flexibility index (Phi) is 2.40. The average Bonchev–Trinajstić information content (AvgIpc) is 2.63. The maximum Gasteiger partial charge on any atom is 0.280 e. The molecule has 82 valence electrons. The minimum atomic E-state index is -0.413. The highest BCUT2D eigenvalue weighted by molar-refractivity contribution is 5.68. The minimum absolute atomic E-state index is 0.0432. The maximum absolute atomic E-state index is 10.9. The first-order valence-electron chi connectivity index (χ1n) is 4.69. The second-order valence-electron chi connectivity index (χ2n) is 3.54. The minimum Gasteiger partial charge on any atom is -0.317 e. The fourth-order valence-electron chi connectivity index (χ4n) is 1.52. The highest BCUT2D eigenvalue weighted by Crippen LogP contribution is 2.28. The van der Waals surface area contributed by atoms with Gasteiger partial charge >= 0.3 is 0 Å². The van der Waals surface area contributed by atoms with Gasteiger partial charge in [-0.05, 0) is 18.6 Å². The molecule has 0 saturated heterocycles. The topological polar surface area (TPSA) is 73.8 Å². The van der Waals surface area contributed by atoms with Gasteiger partial charge in [0.2, 0.25) is 0 Å². The number of nitrogens with zero attached hydrogens (tertiary/aromatic N) is 4. The first-order chi connectivity index (χ1) is 7.59. The molecule has 0 bridgehead atoms. The summed E-state index contributed by atoms with van der Waals surface area (Å²) in [5.74, 6) is 0.496. The average molecular weight is 218 g/mol. The zero-order valence-electron chi connectivity index (χ0n) is 8.91. The van der Waals surface area contributed by atoms with E-state index in [1.807, 2.05) is 6.92 Å². The first kappa shape index (κ1) is 10.3. The molecule has 16 heavy (non-hydrogen) atoms. The van der Waals surface area contributed by atoms with Crippen molar-refractivity contribution in [1.29, 1.82) is 0 Å². The van der Waals surface area contributed by atoms with Crippen molar-refractivity contribution in [2.45, 2.75) is 6.92 Å². The zero-order chi connectivity index (χ0) is 11.7. The van der Waals surface area contributed by atoms with E-state index in [0.29, 0.717) is 11.4 Å². The van der Waals surface area contributed by atoms with Crippen LogP contribution in [-0.2, 0) is 7.05 Å². The summed E-state index contributed by atoms with van der Waals surface area (Å²) in [6.45, 7) is 1.88. The molecule has 0 aliphatic rings. The maximum atomic E-state index is 10.9. The molecule has 0 fully saturated rings. The predicted molar refractivity (Wildman–Crippen MR) is 57.8 cm³/mol. The second-order valence-corrected chi connectivity index (χ2v) is 3.54. The second kappa shape index (κ2) is 3.73. The Morgan fingerprint density at radius 2 is 2.19 bits per heavy atom. The molecule has 6 nitrogen and oxygen atoms in total. The van der Waals surface area contributed by atoms with Crippen LogP contribution in [0.15, 0.2) is 24.5 Å². The fraction of sp³-hybridized carbons (Fsp3) is 0.200. The number of aryl methyl sites for hydroxylation is 2. The van der Waals surface area contributed by atoms with Gasteiger partial charge in [-0.15, -0.1) is 10.2 Å². The van der Waals surface area contributed by atoms with Gasteiger partial charge in [0.25, 0.3) is 5.69 Å². The molecule has 0 aliphatic heterocycles. The molecule has 2 rings (SSSR count). The number of hydrogen-bond donors (Lipinski definition) is 0. The molecular formula is C10H10N4O2. The Balaban J connectivity index is 2.67. The Morgan fingerprint density at radius 3 is 2.75 bits per heavy atom. The quantitative estimate of drug-likeness (QED) is 0.568. The van der Waals surface area contributed by atoms with E-state index in [9.17, 15) is 10.1 Å². The Morgan fingerprint density at radius 1 is 1.44 bits per heavy atom. The van der Waals surface area contributed by atoms with Crippen molar-refractivity contribution in [1.82, 2.24) is 14.8 Å². The van der Waals surface area contributed by atoms with Gasteiger partial charge in [-0.3, -0.25) is 10.1 Å². The number of aromatic nitrogens is 3. The van der Waals surface area contributed by atoms with E-state index in [-0.39, 0.29) is 5.69 Å². The molecule has 6 heteroatoms. The van der Waals surface area contributed by atoms with Crippen LogP contribution in [0.1, 0.15) is 5.56 Å². The molecule has 0 spiro atoms. The molecule has 0 atom stereocenters. The smallest absolute Gasteiger partial charge is 0.280 e. The van der Waals surface area contributed by atoms with Crippen LogP contribution in [0, 0.1) is 17.0 Å². The fourth-order valence-corrected chi connectivity index (χ4v) is 1.52. The standard InChI is InChI=1S/C10H10N4O2/c1-7-3-4-9(14(15)16)8(5-7)10-12-11-6-13(10)2/h3-6H,1-2H3. The SMILES string of the molecule is Cc1ccc([N+](=O)[O-])c(-c2nncn2C)c1. The highest BCUT2D eigenvalue weighted by atomic mass is 16.6. The third kappa shape index (κ3) is 1.65. The third-order valence-corrected chi connectivity index (χ3v) is 2.30. The van der Waals surface area contributed by atoms with Gasteiger partial charge in [0.15, 0.2) is 5.82 Å². The van der Waals surface area contributed by atoms with Crippen molar-refractivity contribution in [2.75, 3.05) is 0 Å². The van der Waals surface area contributed by atoms with Gasteiger partial charge in [-0.25, -0.2) is 0 Å². The van der Waals surface area contributed by atoms with Crippen molar-refractivity contribution in [2.24, 2.45) is 7.05 Å². The lowest BCUT2D eigenvalue weighted by Crippen LogP contribution is -1.97. The summed E-state index contributed by atoms with van der Waals surface area (Å²) in [7, 11) is 1.75. The summed E-state index contributed by atoms with van der Waals surface area (Å²) >= 11 is 0. The predicted octanol–water partition coefficient (Wildman–Crippen LogP) is 1.70. The van der Waals surface area contributed by atoms with E-state index in [4.69, 9.17) is 0 Å². The molecular weight excluding hydrogens is 208 g/mol. The van der Waals surface area contributed by atoms with Crippen LogP contribution in [0.5, 0.6) is 0 Å². The van der Waals surface area contributed by atoms with Gasteiger partial charge in [0.05, 0.1) is 10.5 Å². The molecule has 2 aromatic rings. The van der Waals surface area contributed by atoms with Crippen molar-refractivity contribution >= 4 is 5.69 Å². The number of benzene rings is 1. The Hall–Kier alpha value is -2.24. The van der Waals surface area contributed by atoms with Crippen LogP contribution < -0.4 is 0 Å². The number of hydrogen-bond acceptors (Lipinski definition) is 4. The third-order valence-electron chi connectivity index (χ3n) is 2.30. The number of nitro groups is 1. The first-order valence-corrected chi connectivity index (χ1v) is 4.69. The molecule has 1 heterocycles. The summed E-state index contributed by atoms with van der Waals surface area (Å²) < 4.78 is 1.65. The normalized spacial score (nSPS) is 10.4. The molecule has 1 aromatic heterocycles. The van der Waals surface area contributed by atoms with Crippen LogP contribution in [-0.4, -0.2) is 19.7 Å². The molecule has 0 radical (unpaired) electrons. The van der Waals surface area contributed by atoms with Crippen LogP contribution in [0.4, 0.5) is 5.69 Å². The number of rotatable bonds is 2. The lowest BCUT2D eigenvalue weighted by molar-refractivity contribution is -0.384. The van der Waals surface area contributed by atoms with Crippen LogP contribution in [0.25, 0.3) is 11.4 Å². The van der Waals surface area contributed by atoms with Crippen LogP contribution in [0.2, 0.25) is 0 Å². The van der Waals surface area contributed by atoms with E-state index >= 15 is 0 Å². The van der Waals surface area contributed by atoms with E-state index in [1.165, 1.54) is 12.4 Å². The van der Waals surface area contributed by atoms with Crippen molar-refractivity contribution < 1.29 is 4.92 Å². The zero-order valence-corrected chi connectivity index (χ0v) is 8.91. The highest BCUT2D eigenvalue weighted by Gasteiger charge is 2.18. The molecule has 0 unspecified atom stereocenters. The largest absolute Gasteiger partial charge is 0.317 e. The van der Waals surface area contributed by atoms with Crippen molar-refractivity contribution in [3.05, 3.63) is 40.2 Å². The van der Waals surface area contributed by atoms with Crippen LogP contribution in [0.3, 0.4) is 0 Å². The molecule has 0 N–H and O–H groups in total. The van der Waals surface area contributed by atoms with Crippen LogP contribution >= 0.6 is 0 Å². The van der Waals surface area contributed by atoms with E-state index in [1.54, 1.807) is 23.7 Å². The molecule has 0 amide bonds. The lowest BCUT2D eigenvalue weighted by atomic mass is 10.1. The van der Waals surface area contributed by atoms with Gasteiger partial charge in [0, 0.05) is 13.1 Å². The summed E-state index contributed by atoms with van der Waals surface area (Å²) in [5, 5.41) is 18.5. The van der Waals surface area contributed by atoms with Crippen molar-refractivity contribution in [3.8, 4) is 11.4 Å². The summed E-state index contributed by atoms with van der Waals surface area (Å²) in [5.41, 5.74) is 1.48. The van der Waals surface area contributed by atoms with Crippen molar-refractivity contribution in [3.63, 3.8) is 0 Å². The van der Waals surface area contributed by atoms with E-state index < -0.39 is 4.92 Å². The summed E-state index contributed by atoms with van der Waals surface area (Å²) in [6, 6.07) is 4.93.